The van der Waals surface area contributed by atoms with Crippen molar-refractivity contribution in [2.45, 2.75) is 6.54 Å². The van der Waals surface area contributed by atoms with Crippen LogP contribution in [0.1, 0.15) is 5.69 Å². The average Bonchev–Trinajstić information content (AvgIpc) is 2.14. The normalized spacial score (nSPS) is 10.7. The molecular weight excluding hydrogens is 220 g/mol. The molecule has 82 valence electrons. The van der Waals surface area contributed by atoms with Crippen molar-refractivity contribution in [1.82, 2.24) is 10.3 Å². The van der Waals surface area contributed by atoms with E-state index in [4.69, 9.17) is 0 Å². The van der Waals surface area contributed by atoms with Gasteiger partial charge in [0.15, 0.2) is 0 Å². The van der Waals surface area contributed by atoms with Crippen molar-refractivity contribution >= 4 is 16.2 Å². The first-order valence-electron chi connectivity index (χ1n) is 4.04. The van der Waals surface area contributed by atoms with Crippen LogP contribution in [0.15, 0.2) is 24.4 Å². The van der Waals surface area contributed by atoms with Gasteiger partial charge in [-0.1, -0.05) is 6.07 Å². The predicted octanol–water partition coefficient (Wildman–Crippen LogP) is 0.267. The Morgan fingerprint density at radius 1 is 1.53 bits per heavy atom. The number of carbonyl (C=O) groups excluding carboxylic acids is 1. The van der Waals surface area contributed by atoms with Gasteiger partial charge in [-0.15, -0.1) is 0 Å². The van der Waals surface area contributed by atoms with Gasteiger partial charge in [-0.2, -0.15) is 8.42 Å². The molecule has 1 aromatic heterocycles. The largest absolute Gasteiger partial charge is 0.423 e. The van der Waals surface area contributed by atoms with Crippen molar-refractivity contribution in [2.24, 2.45) is 0 Å². The van der Waals surface area contributed by atoms with E-state index in [1.807, 2.05) is 0 Å². The molecule has 1 rings (SSSR count). The number of nitrogens with zero attached hydrogens (tertiary/aromatic N) is 1. The molecule has 15 heavy (non-hydrogen) atoms. The molecule has 0 radical (unpaired) electrons. The molecule has 0 unspecified atom stereocenters. The molecule has 1 N–H and O–H groups in total. The highest BCUT2D eigenvalue weighted by molar-refractivity contribution is 7.86. The summed E-state index contributed by atoms with van der Waals surface area (Å²) in [7, 11) is -3.76. The van der Waals surface area contributed by atoms with Crippen molar-refractivity contribution in [2.75, 3.05) is 6.26 Å². The van der Waals surface area contributed by atoms with E-state index < -0.39 is 16.2 Å². The van der Waals surface area contributed by atoms with Gasteiger partial charge in [0.25, 0.3) is 0 Å². The zero-order chi connectivity index (χ0) is 11.3. The SMILES string of the molecule is CS(=O)(=O)OC(=O)NCc1ccccn1. The first-order chi connectivity index (χ1) is 6.97. The second kappa shape index (κ2) is 4.74. The van der Waals surface area contributed by atoms with E-state index in [2.05, 4.69) is 14.5 Å². The topological polar surface area (TPSA) is 85.4 Å². The number of aromatic nitrogens is 1. The van der Waals surface area contributed by atoms with Gasteiger partial charge in [-0.05, 0) is 12.1 Å². The van der Waals surface area contributed by atoms with Crippen LogP contribution in [-0.4, -0.2) is 25.8 Å². The number of amides is 1. The van der Waals surface area contributed by atoms with Crippen LogP contribution >= 0.6 is 0 Å². The second-order valence-corrected chi connectivity index (χ2v) is 4.32. The van der Waals surface area contributed by atoms with Crippen molar-refractivity contribution in [1.29, 1.82) is 0 Å². The van der Waals surface area contributed by atoms with Gasteiger partial charge in [0.05, 0.1) is 18.5 Å². The molecule has 0 aliphatic rings. The summed E-state index contributed by atoms with van der Waals surface area (Å²) >= 11 is 0. The van der Waals surface area contributed by atoms with E-state index in [-0.39, 0.29) is 6.54 Å². The smallest absolute Gasteiger partial charge is 0.328 e. The average molecular weight is 230 g/mol. The standard InChI is InChI=1S/C8H10N2O4S/c1-15(12,13)14-8(11)10-6-7-4-2-3-5-9-7/h2-5H,6H2,1H3,(H,10,11). The lowest BCUT2D eigenvalue weighted by atomic mass is 10.3. The predicted molar refractivity (Wildman–Crippen MR) is 52.4 cm³/mol. The lowest BCUT2D eigenvalue weighted by molar-refractivity contribution is 0.202. The highest BCUT2D eigenvalue weighted by Gasteiger charge is 2.09. The summed E-state index contributed by atoms with van der Waals surface area (Å²) in [6.45, 7) is 0.120. The molecule has 0 bridgehead atoms. The molecule has 6 nitrogen and oxygen atoms in total. The van der Waals surface area contributed by atoms with Crippen LogP contribution in [0, 0.1) is 0 Å². The summed E-state index contributed by atoms with van der Waals surface area (Å²) in [6, 6.07) is 5.19. The van der Waals surface area contributed by atoms with E-state index in [1.165, 1.54) is 0 Å². The first-order valence-corrected chi connectivity index (χ1v) is 5.86. The van der Waals surface area contributed by atoms with E-state index in [9.17, 15) is 13.2 Å². The van der Waals surface area contributed by atoms with Crippen LogP contribution in [0.4, 0.5) is 4.79 Å². The lowest BCUT2D eigenvalue weighted by Gasteiger charge is -2.03. The number of rotatable bonds is 3. The maximum Gasteiger partial charge on any atom is 0.423 e. The first kappa shape index (κ1) is 11.4. The fraction of sp³-hybridized carbons (Fsp3) is 0.250. The Balaban J connectivity index is 2.42. The molecular formula is C8H10N2O4S. The van der Waals surface area contributed by atoms with E-state index in [1.54, 1.807) is 24.4 Å². The summed E-state index contributed by atoms with van der Waals surface area (Å²) < 4.78 is 25.2. The molecule has 1 amide bonds. The van der Waals surface area contributed by atoms with Crippen molar-refractivity contribution in [3.8, 4) is 0 Å². The highest BCUT2D eigenvalue weighted by atomic mass is 32.2. The third-order valence-corrected chi connectivity index (χ3v) is 1.82. The Morgan fingerprint density at radius 3 is 2.80 bits per heavy atom. The molecule has 1 heterocycles. The Bertz CT molecular complexity index is 429. The zero-order valence-corrected chi connectivity index (χ0v) is 8.82. The quantitative estimate of drug-likeness (QED) is 0.753. The van der Waals surface area contributed by atoms with Crippen LogP contribution in [0.25, 0.3) is 0 Å². The van der Waals surface area contributed by atoms with Gasteiger partial charge >= 0.3 is 16.2 Å². The monoisotopic (exact) mass is 230 g/mol. The molecule has 0 saturated carbocycles. The summed E-state index contributed by atoms with van der Waals surface area (Å²) in [5.41, 5.74) is 0.614. The van der Waals surface area contributed by atoms with E-state index in [0.29, 0.717) is 5.69 Å². The molecule has 0 aliphatic heterocycles. The summed E-state index contributed by atoms with van der Waals surface area (Å²) in [5, 5.41) is 2.25. The summed E-state index contributed by atoms with van der Waals surface area (Å²) in [4.78, 5) is 14.8. The number of carbonyl (C=O) groups is 1. The molecule has 0 aliphatic carbocycles. The molecule has 0 saturated heterocycles. The highest BCUT2D eigenvalue weighted by Crippen LogP contribution is 1.93. The summed E-state index contributed by atoms with van der Waals surface area (Å²) in [5.74, 6) is 0. The number of pyridine rings is 1. The Morgan fingerprint density at radius 2 is 2.27 bits per heavy atom. The minimum absolute atomic E-state index is 0.120. The molecule has 0 atom stereocenters. The maximum absolute atomic E-state index is 10.9. The number of hydrogen-bond donors (Lipinski definition) is 1. The molecule has 1 aromatic rings. The van der Waals surface area contributed by atoms with Gasteiger partial charge in [0, 0.05) is 6.20 Å². The third-order valence-electron chi connectivity index (χ3n) is 1.37. The van der Waals surface area contributed by atoms with Crippen molar-refractivity contribution < 1.29 is 17.4 Å². The van der Waals surface area contributed by atoms with E-state index in [0.717, 1.165) is 6.26 Å². The fourth-order valence-corrected chi connectivity index (χ4v) is 1.17. The lowest BCUT2D eigenvalue weighted by Crippen LogP contribution is -2.26. The van der Waals surface area contributed by atoms with Crippen LogP contribution in [-0.2, 0) is 20.8 Å². The minimum Gasteiger partial charge on any atom is -0.328 e. The number of hydrogen-bond acceptors (Lipinski definition) is 5. The van der Waals surface area contributed by atoms with Gasteiger partial charge in [0.1, 0.15) is 0 Å². The Hall–Kier alpha value is -1.63. The van der Waals surface area contributed by atoms with Gasteiger partial charge in [-0.25, -0.2) is 4.79 Å². The van der Waals surface area contributed by atoms with Gasteiger partial charge in [-0.3, -0.25) is 4.98 Å². The minimum atomic E-state index is -3.76. The van der Waals surface area contributed by atoms with Crippen LogP contribution in [0.5, 0.6) is 0 Å². The third kappa shape index (κ3) is 4.96. The van der Waals surface area contributed by atoms with Gasteiger partial charge in [0.2, 0.25) is 0 Å². The molecule has 7 heteroatoms. The van der Waals surface area contributed by atoms with Crippen molar-refractivity contribution in [3.63, 3.8) is 0 Å². The molecule has 0 aromatic carbocycles. The van der Waals surface area contributed by atoms with Crippen LogP contribution in [0.3, 0.4) is 0 Å². The molecule has 0 fully saturated rings. The fourth-order valence-electron chi connectivity index (χ4n) is 0.832. The van der Waals surface area contributed by atoms with Crippen molar-refractivity contribution in [3.05, 3.63) is 30.1 Å². The van der Waals surface area contributed by atoms with Crippen LogP contribution in [0.2, 0.25) is 0 Å². The molecule has 0 spiro atoms. The van der Waals surface area contributed by atoms with E-state index >= 15 is 0 Å². The maximum atomic E-state index is 10.9. The second-order valence-electron chi connectivity index (χ2n) is 2.75. The summed E-state index contributed by atoms with van der Waals surface area (Å²) in [6.07, 6.45) is 1.36. The number of nitrogens with one attached hydrogen (secondary N) is 1. The van der Waals surface area contributed by atoms with Gasteiger partial charge < -0.3 is 9.50 Å². The van der Waals surface area contributed by atoms with Crippen LogP contribution < -0.4 is 5.32 Å². The Labute approximate surface area is 87.4 Å². The Kier molecular flexibility index (Phi) is 3.62. The zero-order valence-electron chi connectivity index (χ0n) is 8.00.